The molecule has 4 heteroatoms. The molecule has 0 radical (unpaired) electrons. The molecule has 1 aromatic rings. The number of nitrogens with zero attached hydrogens (tertiary/aromatic N) is 3. The summed E-state index contributed by atoms with van der Waals surface area (Å²) >= 11 is 0. The van der Waals surface area contributed by atoms with Crippen molar-refractivity contribution in [2.75, 3.05) is 18.5 Å². The molecule has 0 N–H and O–H groups in total. The van der Waals surface area contributed by atoms with Gasteiger partial charge in [-0.1, -0.05) is 18.2 Å². The van der Waals surface area contributed by atoms with Gasteiger partial charge in [0.15, 0.2) is 0 Å². The quantitative estimate of drug-likeness (QED) is 0.793. The number of carbonyl (C=O) groups excluding carboxylic acids is 1. The Kier molecular flexibility index (Phi) is 3.63. The molecule has 2 unspecified atom stereocenters. The Balaban J connectivity index is 2.28. The van der Waals surface area contributed by atoms with Gasteiger partial charge in [-0.25, -0.2) is 0 Å². The molecule has 1 aromatic carbocycles. The zero-order chi connectivity index (χ0) is 13.1. The van der Waals surface area contributed by atoms with Crippen molar-refractivity contribution in [1.29, 1.82) is 5.26 Å². The van der Waals surface area contributed by atoms with E-state index < -0.39 is 0 Å². The van der Waals surface area contributed by atoms with Gasteiger partial charge in [0.05, 0.1) is 12.5 Å². The number of hydrogen-bond acceptors (Lipinski definition) is 3. The summed E-state index contributed by atoms with van der Waals surface area (Å²) in [5.74, 6) is 0.0170. The molecule has 2 atom stereocenters. The molecule has 1 heterocycles. The standard InChI is InChI=1S/C14H17N3O/c1-11-10-17(12-6-4-3-5-7-12)14(18)13(8-9-15)16(11)2/h3-7,11,13H,8,10H2,1-2H3. The Labute approximate surface area is 107 Å². The average Bonchev–Trinajstić information content (AvgIpc) is 2.40. The largest absolute Gasteiger partial charge is 0.309 e. The molecule has 1 fully saturated rings. The highest BCUT2D eigenvalue weighted by atomic mass is 16.2. The number of amides is 1. The zero-order valence-corrected chi connectivity index (χ0v) is 10.7. The van der Waals surface area contributed by atoms with Crippen LogP contribution in [0.3, 0.4) is 0 Å². The summed E-state index contributed by atoms with van der Waals surface area (Å²) in [6.07, 6.45) is 0.239. The second-order valence-corrected chi connectivity index (χ2v) is 4.68. The lowest BCUT2D eigenvalue weighted by atomic mass is 10.0. The monoisotopic (exact) mass is 243 g/mol. The maximum Gasteiger partial charge on any atom is 0.245 e. The molecule has 4 nitrogen and oxygen atoms in total. The lowest BCUT2D eigenvalue weighted by molar-refractivity contribution is -0.126. The van der Waals surface area contributed by atoms with Gasteiger partial charge >= 0.3 is 0 Å². The highest BCUT2D eigenvalue weighted by molar-refractivity contribution is 5.98. The van der Waals surface area contributed by atoms with Crippen LogP contribution in [0.25, 0.3) is 0 Å². The fourth-order valence-corrected chi connectivity index (χ4v) is 2.30. The van der Waals surface area contributed by atoms with Crippen molar-refractivity contribution in [1.82, 2.24) is 4.90 Å². The molecule has 0 saturated carbocycles. The number of nitriles is 1. The van der Waals surface area contributed by atoms with Crippen molar-refractivity contribution in [3.63, 3.8) is 0 Å². The number of anilines is 1. The smallest absolute Gasteiger partial charge is 0.245 e. The Morgan fingerprint density at radius 3 is 2.67 bits per heavy atom. The van der Waals surface area contributed by atoms with Gasteiger partial charge in [0.25, 0.3) is 0 Å². The van der Waals surface area contributed by atoms with Crippen molar-refractivity contribution in [2.45, 2.75) is 25.4 Å². The zero-order valence-electron chi connectivity index (χ0n) is 10.7. The van der Waals surface area contributed by atoms with Gasteiger partial charge in [-0.15, -0.1) is 0 Å². The van der Waals surface area contributed by atoms with E-state index in [0.29, 0.717) is 6.54 Å². The molecule has 1 amide bonds. The van der Waals surface area contributed by atoms with E-state index in [-0.39, 0.29) is 24.4 Å². The molecular formula is C14H17N3O. The van der Waals surface area contributed by atoms with E-state index in [1.165, 1.54) is 0 Å². The van der Waals surface area contributed by atoms with Crippen molar-refractivity contribution in [3.05, 3.63) is 30.3 Å². The molecule has 2 rings (SSSR count). The number of carbonyl (C=O) groups is 1. The third kappa shape index (κ3) is 2.22. The molecule has 1 aliphatic heterocycles. The predicted molar refractivity (Wildman–Crippen MR) is 70.0 cm³/mol. The summed E-state index contributed by atoms with van der Waals surface area (Å²) in [7, 11) is 1.91. The highest BCUT2D eigenvalue weighted by Gasteiger charge is 2.36. The Morgan fingerprint density at radius 2 is 2.06 bits per heavy atom. The van der Waals surface area contributed by atoms with Crippen molar-refractivity contribution in [2.24, 2.45) is 0 Å². The first-order chi connectivity index (χ1) is 8.65. The second kappa shape index (κ2) is 5.19. The van der Waals surface area contributed by atoms with Gasteiger partial charge in [-0.3, -0.25) is 9.69 Å². The van der Waals surface area contributed by atoms with Crippen molar-refractivity contribution in [3.8, 4) is 6.07 Å². The summed E-state index contributed by atoms with van der Waals surface area (Å²) in [6, 6.07) is 11.7. The Hall–Kier alpha value is -1.86. The normalized spacial score (nSPS) is 24.9. The van der Waals surface area contributed by atoms with E-state index in [0.717, 1.165) is 5.69 Å². The van der Waals surface area contributed by atoms with Gasteiger partial charge in [-0.05, 0) is 26.1 Å². The number of hydrogen-bond donors (Lipinski definition) is 0. The lowest BCUT2D eigenvalue weighted by Crippen LogP contribution is -2.59. The van der Waals surface area contributed by atoms with Crippen LogP contribution in [0.2, 0.25) is 0 Å². The third-order valence-corrected chi connectivity index (χ3v) is 3.54. The maximum absolute atomic E-state index is 12.4. The summed E-state index contributed by atoms with van der Waals surface area (Å²) in [5.41, 5.74) is 0.908. The van der Waals surface area contributed by atoms with E-state index in [4.69, 9.17) is 5.26 Å². The van der Waals surface area contributed by atoms with E-state index in [1.807, 2.05) is 42.3 Å². The molecule has 0 bridgehead atoms. The topological polar surface area (TPSA) is 47.3 Å². The van der Waals surface area contributed by atoms with E-state index in [1.54, 1.807) is 4.90 Å². The minimum atomic E-state index is -0.334. The van der Waals surface area contributed by atoms with Crippen LogP contribution in [-0.4, -0.2) is 36.5 Å². The Morgan fingerprint density at radius 1 is 1.39 bits per heavy atom. The number of likely N-dealkylation sites (N-methyl/N-ethyl adjacent to an activating group) is 1. The van der Waals surface area contributed by atoms with E-state index >= 15 is 0 Å². The predicted octanol–water partition coefficient (Wildman–Crippen LogP) is 1.64. The van der Waals surface area contributed by atoms with Gasteiger partial charge in [0.2, 0.25) is 5.91 Å². The number of para-hydroxylation sites is 1. The van der Waals surface area contributed by atoms with Gasteiger partial charge in [0.1, 0.15) is 6.04 Å². The second-order valence-electron chi connectivity index (χ2n) is 4.68. The van der Waals surface area contributed by atoms with Crippen LogP contribution in [0.1, 0.15) is 13.3 Å². The maximum atomic E-state index is 12.4. The molecule has 0 aliphatic carbocycles. The number of benzene rings is 1. The highest BCUT2D eigenvalue weighted by Crippen LogP contribution is 2.23. The lowest BCUT2D eigenvalue weighted by Gasteiger charge is -2.42. The first kappa shape index (κ1) is 12.6. The summed E-state index contributed by atoms with van der Waals surface area (Å²) in [6.45, 7) is 2.74. The number of piperazine rings is 1. The van der Waals surface area contributed by atoms with E-state index in [2.05, 4.69) is 13.0 Å². The van der Waals surface area contributed by atoms with Crippen molar-refractivity contribution >= 4 is 11.6 Å². The first-order valence-electron chi connectivity index (χ1n) is 6.10. The minimum Gasteiger partial charge on any atom is -0.309 e. The summed E-state index contributed by atoms with van der Waals surface area (Å²) < 4.78 is 0. The molecule has 0 spiro atoms. The molecule has 18 heavy (non-hydrogen) atoms. The average molecular weight is 243 g/mol. The van der Waals surface area contributed by atoms with Crippen LogP contribution in [0.4, 0.5) is 5.69 Å². The van der Waals surface area contributed by atoms with Crippen molar-refractivity contribution < 1.29 is 4.79 Å². The molecule has 1 aliphatic rings. The SMILES string of the molecule is CC1CN(c2ccccc2)C(=O)C(CC#N)N1C. The van der Waals surface area contributed by atoms with Gasteiger partial charge in [-0.2, -0.15) is 5.26 Å². The van der Waals surface area contributed by atoms with Crippen LogP contribution in [-0.2, 0) is 4.79 Å². The first-order valence-corrected chi connectivity index (χ1v) is 6.10. The van der Waals surface area contributed by atoms with E-state index in [9.17, 15) is 4.79 Å². The molecule has 94 valence electrons. The van der Waals surface area contributed by atoms with Crippen LogP contribution >= 0.6 is 0 Å². The van der Waals surface area contributed by atoms with Gasteiger partial charge in [0, 0.05) is 18.3 Å². The fourth-order valence-electron chi connectivity index (χ4n) is 2.30. The van der Waals surface area contributed by atoms with Crippen LogP contribution in [0.15, 0.2) is 30.3 Å². The third-order valence-electron chi connectivity index (χ3n) is 3.54. The summed E-state index contributed by atoms with van der Waals surface area (Å²) in [4.78, 5) is 16.2. The van der Waals surface area contributed by atoms with Gasteiger partial charge < -0.3 is 4.90 Å². The number of rotatable bonds is 2. The molecule has 1 saturated heterocycles. The summed E-state index contributed by atoms with van der Waals surface area (Å²) in [5, 5.41) is 8.85. The molecule has 0 aromatic heterocycles. The van der Waals surface area contributed by atoms with Crippen LogP contribution < -0.4 is 4.90 Å². The minimum absolute atomic E-state index is 0.0170. The van der Waals surface area contributed by atoms with Crippen LogP contribution in [0.5, 0.6) is 0 Å². The Bertz CT molecular complexity index is 466. The van der Waals surface area contributed by atoms with Crippen LogP contribution in [0, 0.1) is 11.3 Å². The molecular weight excluding hydrogens is 226 g/mol. The fraction of sp³-hybridized carbons (Fsp3) is 0.429.